The molecule has 1 atom stereocenters. The molecule has 0 spiro atoms. The van der Waals surface area contributed by atoms with Gasteiger partial charge < -0.3 is 9.47 Å². The van der Waals surface area contributed by atoms with E-state index in [0.717, 1.165) is 29.8 Å². The van der Waals surface area contributed by atoms with Gasteiger partial charge in [-0.25, -0.2) is 0 Å². The quantitative estimate of drug-likeness (QED) is 0.438. The van der Waals surface area contributed by atoms with Crippen molar-refractivity contribution in [1.29, 1.82) is 0 Å². The minimum absolute atomic E-state index is 0.0328. The lowest BCUT2D eigenvalue weighted by atomic mass is 9.87. The third-order valence-corrected chi connectivity index (χ3v) is 5.65. The molecule has 6 heteroatoms. The zero-order valence-electron chi connectivity index (χ0n) is 17.1. The van der Waals surface area contributed by atoms with Gasteiger partial charge in [-0.05, 0) is 35.2 Å². The van der Waals surface area contributed by atoms with Crippen LogP contribution in [0.25, 0.3) is 0 Å². The van der Waals surface area contributed by atoms with E-state index in [4.69, 9.17) is 9.47 Å². The third kappa shape index (κ3) is 3.74. The summed E-state index contributed by atoms with van der Waals surface area (Å²) in [4.78, 5) is 13.5. The van der Waals surface area contributed by atoms with Crippen molar-refractivity contribution in [3.8, 4) is 11.5 Å². The fraction of sp³-hybridized carbons (Fsp3) is 0.250. The zero-order chi connectivity index (χ0) is 21.1. The number of hydrogen-bond acceptors (Lipinski definition) is 5. The van der Waals surface area contributed by atoms with Crippen LogP contribution in [0.4, 0.5) is 5.69 Å². The Morgan fingerprint density at radius 3 is 2.37 bits per heavy atom. The Bertz CT molecular complexity index is 1050. The summed E-state index contributed by atoms with van der Waals surface area (Å²) in [5.41, 5.74) is 4.36. The molecule has 4 rings (SSSR count). The molecule has 6 nitrogen and oxygen atoms in total. The standard InChI is InChI=1S/C24H24N2O4/c1-29-22-14-18-12-13-25(16-19-10-6-7-11-21(19)26(27)28)24(17-8-4-3-5-9-17)20(18)15-23(22)30-2/h3-11,14-15,24H,12-13,16H2,1-2H3. The van der Waals surface area contributed by atoms with Gasteiger partial charge in [0.1, 0.15) is 0 Å². The summed E-state index contributed by atoms with van der Waals surface area (Å²) in [6.45, 7) is 1.28. The normalized spacial score (nSPS) is 16.0. The smallest absolute Gasteiger partial charge is 0.273 e. The highest BCUT2D eigenvalue weighted by molar-refractivity contribution is 5.52. The molecule has 0 saturated heterocycles. The molecule has 0 aromatic heterocycles. The lowest BCUT2D eigenvalue weighted by molar-refractivity contribution is -0.385. The number of rotatable bonds is 6. The summed E-state index contributed by atoms with van der Waals surface area (Å²) in [7, 11) is 3.28. The molecule has 3 aromatic rings. The Balaban J connectivity index is 1.80. The van der Waals surface area contributed by atoms with Crippen LogP contribution in [-0.4, -0.2) is 30.6 Å². The molecule has 30 heavy (non-hydrogen) atoms. The fourth-order valence-electron chi connectivity index (χ4n) is 4.24. The van der Waals surface area contributed by atoms with E-state index in [0.29, 0.717) is 17.9 Å². The average molecular weight is 404 g/mol. The fourth-order valence-corrected chi connectivity index (χ4v) is 4.24. The van der Waals surface area contributed by atoms with Crippen molar-refractivity contribution in [3.05, 3.63) is 99.1 Å². The summed E-state index contributed by atoms with van der Waals surface area (Å²) < 4.78 is 11.1. The molecule has 154 valence electrons. The maximum Gasteiger partial charge on any atom is 0.273 e. The molecule has 0 fully saturated rings. The Labute approximate surface area is 175 Å². The van der Waals surface area contributed by atoms with Gasteiger partial charge in [0.15, 0.2) is 11.5 Å². The molecule has 0 saturated carbocycles. The number of benzene rings is 3. The number of nitro benzene ring substituents is 1. The van der Waals surface area contributed by atoms with Crippen molar-refractivity contribution < 1.29 is 14.4 Å². The van der Waals surface area contributed by atoms with Crippen molar-refractivity contribution in [3.63, 3.8) is 0 Å². The first-order valence-electron chi connectivity index (χ1n) is 9.88. The third-order valence-electron chi connectivity index (χ3n) is 5.65. The largest absolute Gasteiger partial charge is 0.493 e. The maximum atomic E-state index is 11.5. The number of hydrogen-bond donors (Lipinski definition) is 0. The number of nitro groups is 1. The topological polar surface area (TPSA) is 64.8 Å². The first kappa shape index (κ1) is 19.9. The number of fused-ring (bicyclic) bond motifs is 1. The number of para-hydroxylation sites is 1. The molecule has 3 aromatic carbocycles. The summed E-state index contributed by atoms with van der Waals surface area (Å²) in [6.07, 6.45) is 0.833. The van der Waals surface area contributed by atoms with E-state index < -0.39 is 0 Å². The Morgan fingerprint density at radius 1 is 1.00 bits per heavy atom. The maximum absolute atomic E-state index is 11.5. The lowest BCUT2D eigenvalue weighted by Gasteiger charge is -2.38. The number of nitrogens with zero attached hydrogens (tertiary/aromatic N) is 2. The molecule has 0 bridgehead atoms. The van der Waals surface area contributed by atoms with Crippen LogP contribution in [0.1, 0.15) is 28.3 Å². The molecule has 1 heterocycles. The van der Waals surface area contributed by atoms with E-state index in [9.17, 15) is 10.1 Å². The minimum atomic E-state index is -0.307. The molecule has 0 radical (unpaired) electrons. The summed E-state index contributed by atoms with van der Waals surface area (Å²) in [5.74, 6) is 1.40. The van der Waals surface area contributed by atoms with Gasteiger partial charge in [0, 0.05) is 24.7 Å². The SMILES string of the molecule is COc1cc2c(cc1OC)C(c1ccccc1)N(Cc1ccccc1[N+](=O)[O-])CC2. The van der Waals surface area contributed by atoms with Gasteiger partial charge in [-0.3, -0.25) is 15.0 Å². The molecule has 1 aliphatic heterocycles. The molecule has 1 unspecified atom stereocenters. The van der Waals surface area contributed by atoms with E-state index in [-0.39, 0.29) is 16.7 Å². The van der Waals surface area contributed by atoms with Crippen LogP contribution < -0.4 is 9.47 Å². The average Bonchev–Trinajstić information content (AvgIpc) is 2.78. The predicted molar refractivity (Wildman–Crippen MR) is 115 cm³/mol. The second-order valence-electron chi connectivity index (χ2n) is 7.33. The second-order valence-corrected chi connectivity index (χ2v) is 7.33. The first-order valence-corrected chi connectivity index (χ1v) is 9.88. The Kier molecular flexibility index (Phi) is 5.68. The Hall–Kier alpha value is -3.38. The van der Waals surface area contributed by atoms with Crippen LogP contribution in [0, 0.1) is 10.1 Å². The highest BCUT2D eigenvalue weighted by Gasteiger charge is 2.31. The van der Waals surface area contributed by atoms with Crippen molar-refractivity contribution in [2.45, 2.75) is 19.0 Å². The lowest BCUT2D eigenvalue weighted by Crippen LogP contribution is -2.36. The minimum Gasteiger partial charge on any atom is -0.493 e. The second kappa shape index (κ2) is 8.55. The number of ether oxygens (including phenoxy) is 2. The molecule has 0 amide bonds. The van der Waals surface area contributed by atoms with E-state index >= 15 is 0 Å². The molecule has 1 aliphatic rings. The van der Waals surface area contributed by atoms with Crippen LogP contribution in [0.15, 0.2) is 66.7 Å². The zero-order valence-corrected chi connectivity index (χ0v) is 17.1. The summed E-state index contributed by atoms with van der Waals surface area (Å²) >= 11 is 0. The van der Waals surface area contributed by atoms with Gasteiger partial charge in [0.25, 0.3) is 5.69 Å². The Morgan fingerprint density at radius 2 is 1.67 bits per heavy atom. The van der Waals surface area contributed by atoms with E-state index in [1.54, 1.807) is 26.4 Å². The molecule has 0 aliphatic carbocycles. The summed E-state index contributed by atoms with van der Waals surface area (Å²) in [5, 5.41) is 11.5. The van der Waals surface area contributed by atoms with Gasteiger partial charge in [-0.1, -0.05) is 48.5 Å². The van der Waals surface area contributed by atoms with Gasteiger partial charge in [0.2, 0.25) is 0 Å². The van der Waals surface area contributed by atoms with E-state index in [1.807, 2.05) is 42.5 Å². The van der Waals surface area contributed by atoms with Gasteiger partial charge >= 0.3 is 0 Å². The van der Waals surface area contributed by atoms with Crippen molar-refractivity contribution >= 4 is 5.69 Å². The molecular formula is C24H24N2O4. The molecule has 0 N–H and O–H groups in total. The highest BCUT2D eigenvalue weighted by atomic mass is 16.6. The van der Waals surface area contributed by atoms with Crippen molar-refractivity contribution in [2.75, 3.05) is 20.8 Å². The van der Waals surface area contributed by atoms with E-state index in [1.165, 1.54) is 5.56 Å². The first-order chi connectivity index (χ1) is 14.6. The number of methoxy groups -OCH3 is 2. The van der Waals surface area contributed by atoms with Crippen LogP contribution in [0.5, 0.6) is 11.5 Å². The van der Waals surface area contributed by atoms with Crippen molar-refractivity contribution in [2.24, 2.45) is 0 Å². The van der Waals surface area contributed by atoms with Crippen LogP contribution >= 0.6 is 0 Å². The monoisotopic (exact) mass is 404 g/mol. The predicted octanol–water partition coefficient (Wildman–Crippen LogP) is 4.76. The van der Waals surface area contributed by atoms with Crippen LogP contribution in [0.3, 0.4) is 0 Å². The van der Waals surface area contributed by atoms with Crippen LogP contribution in [0.2, 0.25) is 0 Å². The van der Waals surface area contributed by atoms with Crippen molar-refractivity contribution in [1.82, 2.24) is 4.90 Å². The highest BCUT2D eigenvalue weighted by Crippen LogP contribution is 2.41. The molecular weight excluding hydrogens is 380 g/mol. The van der Waals surface area contributed by atoms with Crippen LogP contribution in [-0.2, 0) is 13.0 Å². The van der Waals surface area contributed by atoms with Gasteiger partial charge in [0.05, 0.1) is 25.2 Å². The van der Waals surface area contributed by atoms with E-state index in [2.05, 4.69) is 17.0 Å². The summed E-state index contributed by atoms with van der Waals surface area (Å²) in [6, 6.07) is 21.3. The van der Waals surface area contributed by atoms with Gasteiger partial charge in [-0.2, -0.15) is 0 Å². The van der Waals surface area contributed by atoms with Gasteiger partial charge in [-0.15, -0.1) is 0 Å².